The van der Waals surface area contributed by atoms with Gasteiger partial charge in [0.05, 0.1) is 24.7 Å². The molecule has 0 spiro atoms. The topological polar surface area (TPSA) is 38.8 Å². The summed E-state index contributed by atoms with van der Waals surface area (Å²) in [5.41, 5.74) is 0. The number of hydrogen-bond acceptors (Lipinski definition) is 3. The zero-order chi connectivity index (χ0) is 12.1. The molecule has 4 aliphatic rings. The van der Waals surface area contributed by atoms with E-state index in [-0.39, 0.29) is 11.9 Å². The Morgan fingerprint density at radius 3 is 2.83 bits per heavy atom. The van der Waals surface area contributed by atoms with E-state index in [0.717, 1.165) is 25.2 Å². The molecule has 4 rings (SSSR count). The number of esters is 1. The van der Waals surface area contributed by atoms with Crippen LogP contribution in [-0.2, 0) is 14.3 Å². The number of allylic oxidation sites excluding steroid dienone is 2. The number of fused-ring (bicyclic) bond motifs is 3. The van der Waals surface area contributed by atoms with E-state index in [0.29, 0.717) is 30.7 Å². The molecule has 98 valence electrons. The Bertz CT molecular complexity index is 389. The molecule has 0 aromatic carbocycles. The standard InChI is InChI=1S/C15H20O3/c16-15(11-3-4-13-14(7-11)18-13)17-8-12-6-9-1-2-10(12)5-9/h1-2,9-14H,3-8H2. The van der Waals surface area contributed by atoms with Crippen molar-refractivity contribution in [3.05, 3.63) is 12.2 Å². The predicted molar refractivity (Wildman–Crippen MR) is 65.8 cm³/mol. The van der Waals surface area contributed by atoms with Gasteiger partial charge in [0.15, 0.2) is 0 Å². The number of rotatable bonds is 3. The minimum atomic E-state index is 0.0238. The highest BCUT2D eigenvalue weighted by molar-refractivity contribution is 5.72. The summed E-state index contributed by atoms with van der Waals surface area (Å²) in [6, 6.07) is 0. The van der Waals surface area contributed by atoms with Crippen LogP contribution in [0.5, 0.6) is 0 Å². The normalized spacial score (nSPS) is 48.0. The zero-order valence-corrected chi connectivity index (χ0v) is 10.6. The Kier molecular flexibility index (Phi) is 2.51. The molecule has 6 unspecified atom stereocenters. The lowest BCUT2D eigenvalue weighted by atomic mass is 9.89. The van der Waals surface area contributed by atoms with Gasteiger partial charge in [-0.05, 0) is 49.9 Å². The summed E-state index contributed by atoms with van der Waals surface area (Å²) in [6.45, 7) is 0.635. The van der Waals surface area contributed by atoms with E-state index in [1.807, 2.05) is 0 Å². The van der Waals surface area contributed by atoms with E-state index in [1.165, 1.54) is 12.8 Å². The van der Waals surface area contributed by atoms with E-state index in [9.17, 15) is 4.79 Å². The Morgan fingerprint density at radius 2 is 2.11 bits per heavy atom. The number of carbonyl (C=O) groups is 1. The zero-order valence-electron chi connectivity index (χ0n) is 10.6. The SMILES string of the molecule is O=C(OCC1CC2C=CC1C2)C1CCC2OC2C1. The van der Waals surface area contributed by atoms with Crippen molar-refractivity contribution >= 4 is 5.97 Å². The van der Waals surface area contributed by atoms with Gasteiger partial charge >= 0.3 is 5.97 Å². The molecule has 0 aromatic rings. The van der Waals surface area contributed by atoms with Crippen LogP contribution in [0.25, 0.3) is 0 Å². The van der Waals surface area contributed by atoms with Crippen LogP contribution in [0.1, 0.15) is 32.1 Å². The molecule has 6 atom stereocenters. The first-order valence-corrected chi connectivity index (χ1v) is 7.30. The van der Waals surface area contributed by atoms with Crippen molar-refractivity contribution in [1.29, 1.82) is 0 Å². The van der Waals surface area contributed by atoms with Gasteiger partial charge in [-0.1, -0.05) is 12.2 Å². The molecule has 3 fully saturated rings. The van der Waals surface area contributed by atoms with Crippen molar-refractivity contribution in [2.75, 3.05) is 6.61 Å². The minimum absolute atomic E-state index is 0.0238. The average molecular weight is 248 g/mol. The molecule has 0 radical (unpaired) electrons. The summed E-state index contributed by atoms with van der Waals surface area (Å²) in [5.74, 6) is 2.13. The van der Waals surface area contributed by atoms with Crippen molar-refractivity contribution in [2.24, 2.45) is 23.7 Å². The summed E-state index contributed by atoms with van der Waals surface area (Å²) >= 11 is 0. The second-order valence-corrected chi connectivity index (χ2v) is 6.39. The van der Waals surface area contributed by atoms with Crippen LogP contribution in [0.2, 0.25) is 0 Å². The molecule has 1 saturated heterocycles. The highest BCUT2D eigenvalue weighted by atomic mass is 16.6. The molecule has 3 nitrogen and oxygen atoms in total. The minimum Gasteiger partial charge on any atom is -0.465 e. The van der Waals surface area contributed by atoms with Crippen LogP contribution < -0.4 is 0 Å². The third-order valence-electron chi connectivity index (χ3n) is 5.19. The summed E-state index contributed by atoms with van der Waals surface area (Å²) in [5, 5.41) is 0. The molecule has 1 aliphatic heterocycles. The predicted octanol–water partition coefficient (Wildman–Crippen LogP) is 2.31. The van der Waals surface area contributed by atoms with Crippen molar-refractivity contribution in [1.82, 2.24) is 0 Å². The maximum atomic E-state index is 12.0. The Hall–Kier alpha value is -0.830. The fraction of sp³-hybridized carbons (Fsp3) is 0.800. The Morgan fingerprint density at radius 1 is 1.17 bits per heavy atom. The van der Waals surface area contributed by atoms with Crippen molar-refractivity contribution in [3.63, 3.8) is 0 Å². The summed E-state index contributed by atoms with van der Waals surface area (Å²) in [6.07, 6.45) is 10.9. The van der Waals surface area contributed by atoms with Crippen LogP contribution in [-0.4, -0.2) is 24.8 Å². The monoisotopic (exact) mass is 248 g/mol. The molecule has 3 heteroatoms. The van der Waals surface area contributed by atoms with E-state index in [2.05, 4.69) is 12.2 Å². The third-order valence-corrected chi connectivity index (χ3v) is 5.19. The van der Waals surface area contributed by atoms with Gasteiger partial charge in [0.25, 0.3) is 0 Å². The van der Waals surface area contributed by atoms with Gasteiger partial charge in [0, 0.05) is 0 Å². The fourth-order valence-electron chi connectivity index (χ4n) is 4.01. The summed E-state index contributed by atoms with van der Waals surface area (Å²) in [4.78, 5) is 12.0. The van der Waals surface area contributed by atoms with Crippen LogP contribution >= 0.6 is 0 Å². The van der Waals surface area contributed by atoms with Crippen molar-refractivity contribution in [3.8, 4) is 0 Å². The highest BCUT2D eigenvalue weighted by Crippen LogP contribution is 2.44. The maximum Gasteiger partial charge on any atom is 0.309 e. The van der Waals surface area contributed by atoms with E-state index in [4.69, 9.17) is 9.47 Å². The number of ether oxygens (including phenoxy) is 2. The summed E-state index contributed by atoms with van der Waals surface area (Å²) in [7, 11) is 0. The second kappa shape index (κ2) is 4.09. The van der Waals surface area contributed by atoms with Crippen LogP contribution in [0.4, 0.5) is 0 Å². The maximum absolute atomic E-state index is 12.0. The molecule has 1 heterocycles. The smallest absolute Gasteiger partial charge is 0.309 e. The number of epoxide rings is 1. The van der Waals surface area contributed by atoms with Crippen LogP contribution in [0, 0.1) is 23.7 Å². The number of hydrogen-bond donors (Lipinski definition) is 0. The highest BCUT2D eigenvalue weighted by Gasteiger charge is 2.46. The average Bonchev–Trinajstić information content (AvgIpc) is 2.87. The van der Waals surface area contributed by atoms with Gasteiger partial charge in [0.2, 0.25) is 0 Å². The fourth-order valence-corrected chi connectivity index (χ4v) is 4.01. The molecule has 0 aromatic heterocycles. The van der Waals surface area contributed by atoms with Gasteiger partial charge in [-0.15, -0.1) is 0 Å². The first-order chi connectivity index (χ1) is 8.79. The second-order valence-electron chi connectivity index (χ2n) is 6.39. The lowest BCUT2D eigenvalue weighted by molar-refractivity contribution is -0.151. The lowest BCUT2D eigenvalue weighted by Crippen LogP contribution is -2.26. The lowest BCUT2D eigenvalue weighted by Gasteiger charge is -2.21. The number of carbonyl (C=O) groups excluding carboxylic acids is 1. The Balaban J connectivity index is 1.27. The molecule has 0 amide bonds. The van der Waals surface area contributed by atoms with Gasteiger partial charge in [-0.25, -0.2) is 0 Å². The molecule has 18 heavy (non-hydrogen) atoms. The largest absolute Gasteiger partial charge is 0.465 e. The molecular weight excluding hydrogens is 228 g/mol. The molecule has 2 bridgehead atoms. The quantitative estimate of drug-likeness (QED) is 0.437. The van der Waals surface area contributed by atoms with Crippen LogP contribution in [0.3, 0.4) is 0 Å². The molecule has 2 saturated carbocycles. The van der Waals surface area contributed by atoms with Gasteiger partial charge in [-0.2, -0.15) is 0 Å². The first kappa shape index (κ1) is 11.0. The molecule has 3 aliphatic carbocycles. The van der Waals surface area contributed by atoms with Crippen molar-refractivity contribution in [2.45, 2.75) is 44.3 Å². The van der Waals surface area contributed by atoms with Gasteiger partial charge in [-0.3, -0.25) is 4.79 Å². The summed E-state index contributed by atoms with van der Waals surface area (Å²) < 4.78 is 11.0. The van der Waals surface area contributed by atoms with Gasteiger partial charge < -0.3 is 9.47 Å². The van der Waals surface area contributed by atoms with Crippen LogP contribution in [0.15, 0.2) is 12.2 Å². The Labute approximate surface area is 108 Å². The molecule has 0 N–H and O–H groups in total. The molecular formula is C15H20O3. The van der Waals surface area contributed by atoms with E-state index < -0.39 is 0 Å². The third kappa shape index (κ3) is 1.89. The van der Waals surface area contributed by atoms with Gasteiger partial charge in [0.1, 0.15) is 0 Å². The first-order valence-electron chi connectivity index (χ1n) is 7.30. The van der Waals surface area contributed by atoms with E-state index in [1.54, 1.807) is 0 Å². The van der Waals surface area contributed by atoms with E-state index >= 15 is 0 Å². The van der Waals surface area contributed by atoms with Crippen molar-refractivity contribution < 1.29 is 14.3 Å².